The predicted octanol–water partition coefficient (Wildman–Crippen LogP) is 3.62. The Hall–Kier alpha value is -2.27. The first-order valence-electron chi connectivity index (χ1n) is 7.90. The monoisotopic (exact) mass is 342 g/mol. The van der Waals surface area contributed by atoms with Crippen LogP contribution in [0, 0.1) is 6.92 Å². The molecular weight excluding hydrogens is 320 g/mol. The maximum atomic E-state index is 12.0. The Bertz CT molecular complexity index is 699. The molecule has 2 amide bonds. The van der Waals surface area contributed by atoms with Gasteiger partial charge in [0.1, 0.15) is 0 Å². The van der Waals surface area contributed by atoms with Crippen LogP contribution in [-0.2, 0) is 10.5 Å². The zero-order valence-electron chi connectivity index (χ0n) is 14.0. The molecule has 126 valence electrons. The number of amides is 2. The Balaban J connectivity index is 1.82. The smallest absolute Gasteiger partial charge is 0.251 e. The largest absolute Gasteiger partial charge is 0.352 e. The standard InChI is InChI=1S/C19H22N2O2S/c1-3-20-19(23)16-5-4-6-17(11-16)21-18(22)13-24-12-15-9-7-14(2)8-10-15/h4-11H,3,12-13H2,1-2H3,(H,20,23)(H,21,22). The van der Waals surface area contributed by atoms with E-state index in [1.54, 1.807) is 36.0 Å². The Labute approximate surface area is 147 Å². The van der Waals surface area contributed by atoms with Crippen LogP contribution in [0.2, 0.25) is 0 Å². The number of hydrogen-bond donors (Lipinski definition) is 2. The molecule has 0 aliphatic rings. The van der Waals surface area contributed by atoms with Gasteiger partial charge in [-0.1, -0.05) is 35.9 Å². The van der Waals surface area contributed by atoms with E-state index in [4.69, 9.17) is 0 Å². The van der Waals surface area contributed by atoms with Crippen molar-refractivity contribution in [2.75, 3.05) is 17.6 Å². The Morgan fingerprint density at radius 1 is 1.08 bits per heavy atom. The number of anilines is 1. The summed E-state index contributed by atoms with van der Waals surface area (Å²) in [5.41, 5.74) is 3.62. The molecule has 0 saturated heterocycles. The van der Waals surface area contributed by atoms with Gasteiger partial charge in [-0.2, -0.15) is 0 Å². The van der Waals surface area contributed by atoms with Gasteiger partial charge in [-0.15, -0.1) is 11.8 Å². The van der Waals surface area contributed by atoms with E-state index in [0.717, 1.165) is 5.75 Å². The average molecular weight is 342 g/mol. The number of carbonyl (C=O) groups is 2. The number of thioether (sulfide) groups is 1. The zero-order valence-corrected chi connectivity index (χ0v) is 14.8. The minimum absolute atomic E-state index is 0.0693. The molecule has 0 saturated carbocycles. The molecule has 4 nitrogen and oxygen atoms in total. The molecule has 0 fully saturated rings. The van der Waals surface area contributed by atoms with Gasteiger partial charge in [0.25, 0.3) is 5.91 Å². The summed E-state index contributed by atoms with van der Waals surface area (Å²) in [6, 6.07) is 15.3. The van der Waals surface area contributed by atoms with Crippen LogP contribution in [0.1, 0.15) is 28.4 Å². The third kappa shape index (κ3) is 5.74. The highest BCUT2D eigenvalue weighted by Crippen LogP contribution is 2.15. The minimum atomic E-state index is -0.137. The van der Waals surface area contributed by atoms with Gasteiger partial charge < -0.3 is 10.6 Å². The van der Waals surface area contributed by atoms with Crippen molar-refractivity contribution in [1.82, 2.24) is 5.32 Å². The Kier molecular flexibility index (Phi) is 6.88. The van der Waals surface area contributed by atoms with Crippen LogP contribution in [0.15, 0.2) is 48.5 Å². The van der Waals surface area contributed by atoms with Crippen LogP contribution < -0.4 is 10.6 Å². The van der Waals surface area contributed by atoms with Crippen molar-refractivity contribution in [2.45, 2.75) is 19.6 Å². The van der Waals surface area contributed by atoms with Gasteiger partial charge in [0.05, 0.1) is 5.75 Å². The summed E-state index contributed by atoms with van der Waals surface area (Å²) in [5.74, 6) is 0.967. The van der Waals surface area contributed by atoms with Crippen molar-refractivity contribution in [1.29, 1.82) is 0 Å². The van der Waals surface area contributed by atoms with Crippen molar-refractivity contribution < 1.29 is 9.59 Å². The van der Waals surface area contributed by atoms with E-state index in [-0.39, 0.29) is 11.8 Å². The SMILES string of the molecule is CCNC(=O)c1cccc(NC(=O)CSCc2ccc(C)cc2)c1. The van der Waals surface area contributed by atoms with Crippen molar-refractivity contribution >= 4 is 29.3 Å². The molecule has 0 heterocycles. The molecule has 0 aliphatic carbocycles. The normalized spacial score (nSPS) is 10.2. The molecule has 0 atom stereocenters. The first-order chi connectivity index (χ1) is 11.6. The summed E-state index contributed by atoms with van der Waals surface area (Å²) in [6.45, 7) is 4.50. The average Bonchev–Trinajstić information content (AvgIpc) is 2.57. The highest BCUT2D eigenvalue weighted by atomic mass is 32.2. The topological polar surface area (TPSA) is 58.2 Å². The third-order valence-corrected chi connectivity index (χ3v) is 4.37. The van der Waals surface area contributed by atoms with E-state index in [1.807, 2.05) is 6.92 Å². The van der Waals surface area contributed by atoms with E-state index in [0.29, 0.717) is 23.5 Å². The van der Waals surface area contributed by atoms with E-state index in [1.165, 1.54) is 11.1 Å². The minimum Gasteiger partial charge on any atom is -0.352 e. The van der Waals surface area contributed by atoms with E-state index < -0.39 is 0 Å². The fraction of sp³-hybridized carbons (Fsp3) is 0.263. The van der Waals surface area contributed by atoms with Gasteiger partial charge >= 0.3 is 0 Å². The van der Waals surface area contributed by atoms with Crippen LogP contribution in [-0.4, -0.2) is 24.1 Å². The number of hydrogen-bond acceptors (Lipinski definition) is 3. The van der Waals surface area contributed by atoms with Crippen LogP contribution in [0.3, 0.4) is 0 Å². The number of aryl methyl sites for hydroxylation is 1. The highest BCUT2D eigenvalue weighted by molar-refractivity contribution is 7.99. The lowest BCUT2D eigenvalue weighted by Gasteiger charge is -2.08. The van der Waals surface area contributed by atoms with Gasteiger partial charge in [-0.05, 0) is 37.6 Å². The lowest BCUT2D eigenvalue weighted by molar-refractivity contribution is -0.113. The van der Waals surface area contributed by atoms with Crippen LogP contribution >= 0.6 is 11.8 Å². The molecule has 2 aromatic carbocycles. The van der Waals surface area contributed by atoms with Crippen molar-refractivity contribution in [3.8, 4) is 0 Å². The van der Waals surface area contributed by atoms with E-state index in [9.17, 15) is 9.59 Å². The third-order valence-electron chi connectivity index (χ3n) is 3.37. The van der Waals surface area contributed by atoms with E-state index in [2.05, 4.69) is 41.8 Å². The molecular formula is C19H22N2O2S. The summed E-state index contributed by atoms with van der Waals surface area (Å²) in [4.78, 5) is 23.8. The summed E-state index contributed by atoms with van der Waals surface area (Å²) >= 11 is 1.57. The summed E-state index contributed by atoms with van der Waals surface area (Å²) in [7, 11) is 0. The number of benzene rings is 2. The molecule has 0 spiro atoms. The second-order valence-electron chi connectivity index (χ2n) is 5.47. The van der Waals surface area contributed by atoms with Crippen LogP contribution in [0.25, 0.3) is 0 Å². The van der Waals surface area contributed by atoms with Crippen molar-refractivity contribution in [3.63, 3.8) is 0 Å². The summed E-state index contributed by atoms with van der Waals surface area (Å²) < 4.78 is 0. The molecule has 2 aromatic rings. The van der Waals surface area contributed by atoms with Crippen LogP contribution in [0.4, 0.5) is 5.69 Å². The molecule has 0 aliphatic heterocycles. The maximum absolute atomic E-state index is 12.0. The molecule has 0 unspecified atom stereocenters. The Morgan fingerprint density at radius 3 is 2.54 bits per heavy atom. The van der Waals surface area contributed by atoms with E-state index >= 15 is 0 Å². The molecule has 0 bridgehead atoms. The van der Waals surface area contributed by atoms with Gasteiger partial charge in [-0.3, -0.25) is 9.59 Å². The molecule has 24 heavy (non-hydrogen) atoms. The fourth-order valence-electron chi connectivity index (χ4n) is 2.14. The highest BCUT2D eigenvalue weighted by Gasteiger charge is 2.07. The summed E-state index contributed by atoms with van der Waals surface area (Å²) in [6.07, 6.45) is 0. The zero-order chi connectivity index (χ0) is 17.4. The summed E-state index contributed by atoms with van der Waals surface area (Å²) in [5, 5.41) is 5.58. The molecule has 0 aromatic heterocycles. The number of carbonyl (C=O) groups excluding carboxylic acids is 2. The lowest BCUT2D eigenvalue weighted by Crippen LogP contribution is -2.23. The Morgan fingerprint density at radius 2 is 1.83 bits per heavy atom. The lowest BCUT2D eigenvalue weighted by atomic mass is 10.2. The van der Waals surface area contributed by atoms with Crippen molar-refractivity contribution in [2.24, 2.45) is 0 Å². The predicted molar refractivity (Wildman–Crippen MR) is 100 cm³/mol. The molecule has 2 N–H and O–H groups in total. The molecule has 0 radical (unpaired) electrons. The second-order valence-corrected chi connectivity index (χ2v) is 6.45. The van der Waals surface area contributed by atoms with Gasteiger partial charge in [0, 0.05) is 23.5 Å². The second kappa shape index (κ2) is 9.13. The van der Waals surface area contributed by atoms with Crippen LogP contribution in [0.5, 0.6) is 0 Å². The van der Waals surface area contributed by atoms with Gasteiger partial charge in [0.2, 0.25) is 5.91 Å². The first kappa shape index (κ1) is 18.1. The maximum Gasteiger partial charge on any atom is 0.251 e. The van der Waals surface area contributed by atoms with Gasteiger partial charge in [0.15, 0.2) is 0 Å². The van der Waals surface area contributed by atoms with Crippen molar-refractivity contribution in [3.05, 3.63) is 65.2 Å². The molecule has 2 rings (SSSR count). The fourth-order valence-corrected chi connectivity index (χ4v) is 2.93. The molecule has 5 heteroatoms. The quantitative estimate of drug-likeness (QED) is 0.808. The number of rotatable bonds is 7. The van der Waals surface area contributed by atoms with Gasteiger partial charge in [-0.25, -0.2) is 0 Å². The first-order valence-corrected chi connectivity index (χ1v) is 9.05. The number of nitrogens with one attached hydrogen (secondary N) is 2.